The minimum absolute atomic E-state index is 0.0105. The van der Waals surface area contributed by atoms with Crippen LogP contribution < -0.4 is 10.1 Å². The summed E-state index contributed by atoms with van der Waals surface area (Å²) in [5.41, 5.74) is 6.16. The summed E-state index contributed by atoms with van der Waals surface area (Å²) in [6, 6.07) is 24.7. The van der Waals surface area contributed by atoms with Crippen LogP contribution in [0.4, 0.5) is 0 Å². The summed E-state index contributed by atoms with van der Waals surface area (Å²) in [6.45, 7) is 4.22. The third-order valence-electron chi connectivity index (χ3n) is 5.91. The van der Waals surface area contributed by atoms with Crippen LogP contribution >= 0.6 is 11.3 Å². The quantitative estimate of drug-likeness (QED) is 0.394. The van der Waals surface area contributed by atoms with Gasteiger partial charge in [0.05, 0.1) is 21.3 Å². The van der Waals surface area contributed by atoms with E-state index in [9.17, 15) is 4.79 Å². The molecule has 3 aromatic carbocycles. The van der Waals surface area contributed by atoms with E-state index in [1.807, 2.05) is 30.3 Å². The van der Waals surface area contributed by atoms with Gasteiger partial charge in [0.25, 0.3) is 5.56 Å². The number of rotatable bonds is 2. The molecular weight excluding hydrogens is 402 g/mol. The van der Waals surface area contributed by atoms with Gasteiger partial charge in [0.1, 0.15) is 0 Å². The van der Waals surface area contributed by atoms with E-state index in [0.29, 0.717) is 4.53 Å². The number of imidazole rings is 1. The van der Waals surface area contributed by atoms with Crippen molar-refractivity contribution in [2.24, 2.45) is 0 Å². The Bertz CT molecular complexity index is 1730. The molecule has 4 nitrogen and oxygen atoms in total. The van der Waals surface area contributed by atoms with Crippen molar-refractivity contribution in [3.05, 3.63) is 105 Å². The fourth-order valence-electron chi connectivity index (χ4n) is 4.46. The number of nitrogens with zero attached hydrogens (tertiary/aromatic N) is 3. The first kappa shape index (κ1) is 18.1. The van der Waals surface area contributed by atoms with E-state index in [-0.39, 0.29) is 5.56 Å². The summed E-state index contributed by atoms with van der Waals surface area (Å²) in [5.74, 6) is 0. The van der Waals surface area contributed by atoms with Crippen LogP contribution in [0.15, 0.2) is 77.6 Å². The van der Waals surface area contributed by atoms with E-state index < -0.39 is 0 Å². The van der Waals surface area contributed by atoms with Crippen molar-refractivity contribution in [3.63, 3.8) is 0 Å². The number of thiazole rings is 1. The van der Waals surface area contributed by atoms with Gasteiger partial charge in [-0.3, -0.25) is 4.79 Å². The van der Waals surface area contributed by atoms with Gasteiger partial charge in [0.2, 0.25) is 0 Å². The molecule has 0 aliphatic rings. The van der Waals surface area contributed by atoms with E-state index in [2.05, 4.69) is 71.9 Å². The predicted octanol–water partition coefficient (Wildman–Crippen LogP) is 5.02. The first-order valence-corrected chi connectivity index (χ1v) is 11.0. The smallest absolute Gasteiger partial charge is 0.274 e. The zero-order valence-corrected chi connectivity index (χ0v) is 18.0. The van der Waals surface area contributed by atoms with Crippen LogP contribution in [0.1, 0.15) is 17.0 Å². The number of hydrogen-bond donors (Lipinski definition) is 0. The second kappa shape index (κ2) is 6.65. The normalized spacial score (nSPS) is 12.5. The summed E-state index contributed by atoms with van der Waals surface area (Å²) < 4.78 is 4.69. The third kappa shape index (κ3) is 2.67. The van der Waals surface area contributed by atoms with Gasteiger partial charge in [0.15, 0.2) is 4.96 Å². The van der Waals surface area contributed by atoms with Crippen LogP contribution in [0.3, 0.4) is 0 Å². The monoisotopic (exact) mass is 421 g/mol. The highest BCUT2D eigenvalue weighted by atomic mass is 32.1. The lowest BCUT2D eigenvalue weighted by atomic mass is 10.1. The fraction of sp³-hybridized carbons (Fsp3) is 0.0769. The molecule has 0 fully saturated rings. The Morgan fingerprint density at radius 3 is 2.61 bits per heavy atom. The van der Waals surface area contributed by atoms with Crippen molar-refractivity contribution >= 4 is 44.2 Å². The Kier molecular flexibility index (Phi) is 3.88. The van der Waals surface area contributed by atoms with Gasteiger partial charge >= 0.3 is 0 Å². The van der Waals surface area contributed by atoms with Gasteiger partial charge in [-0.15, -0.1) is 0 Å². The molecule has 0 unspecified atom stereocenters. The van der Waals surface area contributed by atoms with Gasteiger partial charge in [-0.25, -0.2) is 9.38 Å². The highest BCUT2D eigenvalue weighted by Gasteiger charge is 2.14. The van der Waals surface area contributed by atoms with Crippen molar-refractivity contribution in [3.8, 4) is 5.69 Å². The van der Waals surface area contributed by atoms with Gasteiger partial charge in [-0.2, -0.15) is 0 Å². The molecule has 0 bridgehead atoms. The number of hydrogen-bond acceptors (Lipinski definition) is 3. The minimum Gasteiger partial charge on any atom is -0.317 e. The van der Waals surface area contributed by atoms with Crippen LogP contribution in [0.25, 0.3) is 38.5 Å². The Hall–Kier alpha value is -3.70. The molecular formula is C26H19N3OS. The van der Waals surface area contributed by atoms with E-state index in [0.717, 1.165) is 38.6 Å². The van der Waals surface area contributed by atoms with Crippen LogP contribution in [-0.2, 0) is 0 Å². The number of aryl methyl sites for hydroxylation is 1. The molecule has 0 saturated heterocycles. The van der Waals surface area contributed by atoms with Gasteiger partial charge < -0.3 is 4.57 Å². The second-order valence-corrected chi connectivity index (χ2v) is 8.80. The molecule has 3 heterocycles. The van der Waals surface area contributed by atoms with Crippen LogP contribution in [-0.4, -0.2) is 14.0 Å². The first-order valence-electron chi connectivity index (χ1n) is 10.2. The molecule has 0 saturated carbocycles. The van der Waals surface area contributed by atoms with Crippen molar-refractivity contribution in [2.75, 3.05) is 0 Å². The summed E-state index contributed by atoms with van der Waals surface area (Å²) >= 11 is 1.44. The first-order chi connectivity index (χ1) is 15.1. The number of para-hydroxylation sites is 2. The van der Waals surface area contributed by atoms with Crippen molar-refractivity contribution < 1.29 is 0 Å². The molecule has 0 radical (unpaired) electrons. The lowest BCUT2D eigenvalue weighted by Gasteiger charge is -2.13. The van der Waals surface area contributed by atoms with Gasteiger partial charge in [-0.05, 0) is 55.1 Å². The van der Waals surface area contributed by atoms with Crippen molar-refractivity contribution in [1.29, 1.82) is 0 Å². The number of aromatic nitrogens is 3. The van der Waals surface area contributed by atoms with E-state index >= 15 is 0 Å². The molecule has 150 valence electrons. The average Bonchev–Trinajstić information content (AvgIpc) is 3.38. The molecule has 0 atom stereocenters. The molecule has 0 amide bonds. The van der Waals surface area contributed by atoms with Crippen molar-refractivity contribution in [2.45, 2.75) is 13.8 Å². The molecule has 0 aliphatic carbocycles. The molecule has 5 heteroatoms. The molecule has 0 spiro atoms. The lowest BCUT2D eigenvalue weighted by Crippen LogP contribution is -2.22. The minimum atomic E-state index is -0.0105. The maximum atomic E-state index is 13.2. The third-order valence-corrected chi connectivity index (χ3v) is 6.88. The number of fused-ring (bicyclic) bond motifs is 4. The number of benzene rings is 3. The molecule has 0 N–H and O–H groups in total. The van der Waals surface area contributed by atoms with Crippen LogP contribution in [0.5, 0.6) is 0 Å². The summed E-state index contributed by atoms with van der Waals surface area (Å²) in [6.07, 6.45) is 2.00. The van der Waals surface area contributed by atoms with Crippen LogP contribution in [0, 0.1) is 13.8 Å². The Morgan fingerprint density at radius 1 is 0.935 bits per heavy atom. The SMILES string of the molecule is Cc1cc(C=c2sc3nc4ccccc4n3c2=O)c(C)n1-c1cccc2ccccc12. The topological polar surface area (TPSA) is 39.3 Å². The maximum absolute atomic E-state index is 13.2. The molecule has 0 aliphatic heterocycles. The Balaban J connectivity index is 1.57. The summed E-state index contributed by atoms with van der Waals surface area (Å²) in [7, 11) is 0. The summed E-state index contributed by atoms with van der Waals surface area (Å²) in [4.78, 5) is 18.5. The Labute approximate surface area is 182 Å². The van der Waals surface area contributed by atoms with Gasteiger partial charge in [0, 0.05) is 16.8 Å². The zero-order chi connectivity index (χ0) is 21.1. The molecule has 31 heavy (non-hydrogen) atoms. The van der Waals surface area contributed by atoms with E-state index in [1.165, 1.54) is 22.1 Å². The van der Waals surface area contributed by atoms with E-state index in [4.69, 9.17) is 0 Å². The standard InChI is InChI=1S/C26H19N3OS/c1-16-14-19(17(2)28(16)22-13-7-9-18-8-3-4-10-20(18)22)15-24-25(30)29-23-12-6-5-11-21(23)27-26(29)31-24/h3-15H,1-2H3. The van der Waals surface area contributed by atoms with Crippen LogP contribution in [0.2, 0.25) is 0 Å². The maximum Gasteiger partial charge on any atom is 0.274 e. The summed E-state index contributed by atoms with van der Waals surface area (Å²) in [5, 5.41) is 2.43. The largest absolute Gasteiger partial charge is 0.317 e. The van der Waals surface area contributed by atoms with Gasteiger partial charge in [-0.1, -0.05) is 59.9 Å². The zero-order valence-electron chi connectivity index (χ0n) is 17.2. The highest BCUT2D eigenvalue weighted by molar-refractivity contribution is 7.15. The predicted molar refractivity (Wildman–Crippen MR) is 128 cm³/mol. The molecule has 6 aromatic rings. The second-order valence-electron chi connectivity index (χ2n) is 7.79. The highest BCUT2D eigenvalue weighted by Crippen LogP contribution is 2.27. The lowest BCUT2D eigenvalue weighted by molar-refractivity contribution is 0.973. The molecule has 3 aromatic heterocycles. The van der Waals surface area contributed by atoms with E-state index in [1.54, 1.807) is 4.40 Å². The molecule has 6 rings (SSSR count). The van der Waals surface area contributed by atoms with Crippen molar-refractivity contribution in [1.82, 2.24) is 14.0 Å². The Morgan fingerprint density at radius 2 is 1.71 bits per heavy atom. The fourth-order valence-corrected chi connectivity index (χ4v) is 5.44. The average molecular weight is 422 g/mol.